The number of hydrogen-bond acceptors (Lipinski definition) is 2. The zero-order valence-corrected chi connectivity index (χ0v) is 11.1. The van der Waals surface area contributed by atoms with Gasteiger partial charge in [0.25, 0.3) is 0 Å². The lowest BCUT2D eigenvalue weighted by Crippen LogP contribution is -2.29. The van der Waals surface area contributed by atoms with E-state index < -0.39 is 0 Å². The van der Waals surface area contributed by atoms with Gasteiger partial charge in [-0.1, -0.05) is 18.2 Å². The Morgan fingerprint density at radius 1 is 1.32 bits per heavy atom. The molecule has 0 radical (unpaired) electrons. The number of piperidine rings is 1. The first-order valence-electron chi connectivity index (χ1n) is 6.96. The average Bonchev–Trinajstić information content (AvgIpc) is 2.45. The second-order valence-electron chi connectivity index (χ2n) is 5.10. The van der Waals surface area contributed by atoms with Crippen molar-refractivity contribution < 1.29 is 9.18 Å². The first-order chi connectivity index (χ1) is 9.25. The van der Waals surface area contributed by atoms with Gasteiger partial charge in [-0.2, -0.15) is 0 Å². The number of carbonyl (C=O) groups excluding carboxylic acids is 1. The maximum Gasteiger partial charge on any atom is 0.220 e. The molecule has 0 saturated carbocycles. The molecule has 1 aliphatic rings. The van der Waals surface area contributed by atoms with Crippen LogP contribution in [0.25, 0.3) is 0 Å². The van der Waals surface area contributed by atoms with Crippen molar-refractivity contribution in [3.8, 4) is 0 Å². The molecule has 0 atom stereocenters. The fourth-order valence-electron chi connectivity index (χ4n) is 2.43. The summed E-state index contributed by atoms with van der Waals surface area (Å²) in [7, 11) is 0. The van der Waals surface area contributed by atoms with Gasteiger partial charge in [0.15, 0.2) is 0 Å². The van der Waals surface area contributed by atoms with Crippen LogP contribution in [0.5, 0.6) is 0 Å². The normalized spacial score (nSPS) is 16.3. The standard InChI is InChI=1S/C15H21FN2O/c16-14-4-2-1-3-13(14)11-18-15(19)6-5-12-7-9-17-10-8-12/h1-4,12,17H,5-11H2,(H,18,19). The number of rotatable bonds is 5. The van der Waals surface area contributed by atoms with Gasteiger partial charge in [-0.15, -0.1) is 0 Å². The van der Waals surface area contributed by atoms with E-state index >= 15 is 0 Å². The van der Waals surface area contributed by atoms with E-state index in [9.17, 15) is 9.18 Å². The van der Waals surface area contributed by atoms with Gasteiger partial charge in [0.2, 0.25) is 5.91 Å². The molecule has 0 bridgehead atoms. The van der Waals surface area contributed by atoms with E-state index in [2.05, 4.69) is 10.6 Å². The number of carbonyl (C=O) groups is 1. The molecule has 19 heavy (non-hydrogen) atoms. The molecule has 0 unspecified atom stereocenters. The number of hydrogen-bond donors (Lipinski definition) is 2. The van der Waals surface area contributed by atoms with Crippen molar-refractivity contribution in [3.05, 3.63) is 35.6 Å². The summed E-state index contributed by atoms with van der Waals surface area (Å²) in [6.45, 7) is 2.39. The number of amides is 1. The predicted octanol–water partition coefficient (Wildman–Crippen LogP) is 2.22. The molecule has 1 fully saturated rings. The summed E-state index contributed by atoms with van der Waals surface area (Å²) in [4.78, 5) is 11.7. The van der Waals surface area contributed by atoms with Crippen molar-refractivity contribution in [2.24, 2.45) is 5.92 Å². The highest BCUT2D eigenvalue weighted by molar-refractivity contribution is 5.75. The molecule has 1 heterocycles. The van der Waals surface area contributed by atoms with E-state index in [0.717, 1.165) is 32.4 Å². The maximum atomic E-state index is 13.4. The van der Waals surface area contributed by atoms with E-state index in [1.54, 1.807) is 18.2 Å². The van der Waals surface area contributed by atoms with Gasteiger partial charge in [0.1, 0.15) is 5.82 Å². The summed E-state index contributed by atoms with van der Waals surface area (Å²) in [6.07, 6.45) is 3.78. The molecule has 4 heteroatoms. The largest absolute Gasteiger partial charge is 0.352 e. The molecule has 104 valence electrons. The van der Waals surface area contributed by atoms with Crippen LogP contribution in [0.15, 0.2) is 24.3 Å². The fourth-order valence-corrected chi connectivity index (χ4v) is 2.43. The highest BCUT2D eigenvalue weighted by Gasteiger charge is 2.14. The van der Waals surface area contributed by atoms with Crippen LogP contribution in [0, 0.1) is 11.7 Å². The van der Waals surface area contributed by atoms with Gasteiger partial charge in [0, 0.05) is 18.5 Å². The topological polar surface area (TPSA) is 41.1 Å². The molecule has 2 N–H and O–H groups in total. The molecule has 1 saturated heterocycles. The van der Waals surface area contributed by atoms with Gasteiger partial charge in [0.05, 0.1) is 0 Å². The van der Waals surface area contributed by atoms with Gasteiger partial charge in [-0.05, 0) is 44.3 Å². The van der Waals surface area contributed by atoms with Crippen LogP contribution in [0.3, 0.4) is 0 Å². The smallest absolute Gasteiger partial charge is 0.220 e. The summed E-state index contributed by atoms with van der Waals surface area (Å²) in [5, 5.41) is 6.10. The van der Waals surface area contributed by atoms with Crippen LogP contribution in [0.1, 0.15) is 31.2 Å². The maximum absolute atomic E-state index is 13.4. The third-order valence-electron chi connectivity index (χ3n) is 3.67. The molecule has 1 aromatic carbocycles. The van der Waals surface area contributed by atoms with Crippen molar-refractivity contribution in [1.82, 2.24) is 10.6 Å². The Labute approximate surface area is 113 Å². The highest BCUT2D eigenvalue weighted by atomic mass is 19.1. The number of halogens is 1. The van der Waals surface area contributed by atoms with Crippen LogP contribution in [-0.4, -0.2) is 19.0 Å². The van der Waals surface area contributed by atoms with Gasteiger partial charge in [-0.3, -0.25) is 4.79 Å². The fraction of sp³-hybridized carbons (Fsp3) is 0.533. The van der Waals surface area contributed by atoms with Crippen molar-refractivity contribution in [2.45, 2.75) is 32.2 Å². The van der Waals surface area contributed by atoms with Gasteiger partial charge < -0.3 is 10.6 Å². The summed E-state index contributed by atoms with van der Waals surface area (Å²) >= 11 is 0. The Hall–Kier alpha value is -1.42. The van der Waals surface area contributed by atoms with E-state index in [0.29, 0.717) is 17.9 Å². The Morgan fingerprint density at radius 3 is 2.79 bits per heavy atom. The van der Waals surface area contributed by atoms with Crippen molar-refractivity contribution in [2.75, 3.05) is 13.1 Å². The van der Waals surface area contributed by atoms with E-state index in [1.165, 1.54) is 6.07 Å². The van der Waals surface area contributed by atoms with Crippen LogP contribution >= 0.6 is 0 Å². The minimum Gasteiger partial charge on any atom is -0.352 e. The molecular formula is C15H21FN2O. The molecule has 3 nitrogen and oxygen atoms in total. The number of benzene rings is 1. The Kier molecular flexibility index (Phi) is 5.33. The van der Waals surface area contributed by atoms with Crippen LogP contribution in [-0.2, 0) is 11.3 Å². The lowest BCUT2D eigenvalue weighted by atomic mass is 9.93. The molecule has 1 aromatic rings. The zero-order chi connectivity index (χ0) is 13.5. The quantitative estimate of drug-likeness (QED) is 0.856. The van der Waals surface area contributed by atoms with Crippen molar-refractivity contribution in [3.63, 3.8) is 0 Å². The molecule has 2 rings (SSSR count). The first-order valence-corrected chi connectivity index (χ1v) is 6.96. The van der Waals surface area contributed by atoms with Crippen molar-refractivity contribution in [1.29, 1.82) is 0 Å². The third-order valence-corrected chi connectivity index (χ3v) is 3.67. The van der Waals surface area contributed by atoms with Crippen molar-refractivity contribution >= 4 is 5.91 Å². The summed E-state index contributed by atoms with van der Waals surface area (Å²) in [5.41, 5.74) is 0.540. The Bertz CT molecular complexity index is 416. The number of nitrogens with one attached hydrogen (secondary N) is 2. The molecule has 0 aromatic heterocycles. The minimum atomic E-state index is -0.263. The van der Waals surface area contributed by atoms with Gasteiger partial charge >= 0.3 is 0 Å². The zero-order valence-electron chi connectivity index (χ0n) is 11.1. The summed E-state index contributed by atoms with van der Waals surface area (Å²) in [6, 6.07) is 6.54. The first kappa shape index (κ1) is 14.0. The summed E-state index contributed by atoms with van der Waals surface area (Å²) in [5.74, 6) is 0.406. The SMILES string of the molecule is O=C(CCC1CCNCC1)NCc1ccccc1F. The van der Waals surface area contributed by atoms with E-state index in [4.69, 9.17) is 0 Å². The second-order valence-corrected chi connectivity index (χ2v) is 5.10. The second kappa shape index (κ2) is 7.24. The van der Waals surface area contributed by atoms with Crippen LogP contribution in [0.2, 0.25) is 0 Å². The Morgan fingerprint density at radius 2 is 2.05 bits per heavy atom. The monoisotopic (exact) mass is 264 g/mol. The molecule has 0 aliphatic carbocycles. The van der Waals surface area contributed by atoms with Crippen LogP contribution < -0.4 is 10.6 Å². The third kappa shape index (κ3) is 4.63. The minimum absolute atomic E-state index is 0.0155. The van der Waals surface area contributed by atoms with Gasteiger partial charge in [-0.25, -0.2) is 4.39 Å². The highest BCUT2D eigenvalue weighted by Crippen LogP contribution is 2.17. The molecule has 1 aliphatic heterocycles. The lowest BCUT2D eigenvalue weighted by molar-refractivity contribution is -0.121. The van der Waals surface area contributed by atoms with E-state index in [1.807, 2.05) is 0 Å². The lowest BCUT2D eigenvalue weighted by Gasteiger charge is -2.22. The summed E-state index contributed by atoms with van der Waals surface area (Å²) < 4.78 is 13.4. The van der Waals surface area contributed by atoms with E-state index in [-0.39, 0.29) is 18.3 Å². The molecule has 1 amide bonds. The Balaban J connectivity index is 1.68. The average molecular weight is 264 g/mol. The predicted molar refractivity (Wildman–Crippen MR) is 73.1 cm³/mol. The molecular weight excluding hydrogens is 243 g/mol. The van der Waals surface area contributed by atoms with Crippen LogP contribution in [0.4, 0.5) is 4.39 Å². The molecule has 0 spiro atoms.